The number of carboxylic acid groups (broad SMARTS) is 1. The van der Waals surface area contributed by atoms with Crippen LogP contribution in [0.3, 0.4) is 0 Å². The molecule has 0 bridgehead atoms. The minimum absolute atomic E-state index is 0.0394. The van der Waals surface area contributed by atoms with Gasteiger partial charge in [0.15, 0.2) is 5.82 Å². The highest BCUT2D eigenvalue weighted by atomic mass is 19.1. The van der Waals surface area contributed by atoms with Crippen LogP contribution in [0.5, 0.6) is 0 Å². The van der Waals surface area contributed by atoms with Crippen LogP contribution in [-0.2, 0) is 6.54 Å². The Hall–Kier alpha value is -4.08. The number of fused-ring (bicyclic) bond motifs is 1. The summed E-state index contributed by atoms with van der Waals surface area (Å²) in [6.07, 6.45) is 0. The first-order chi connectivity index (χ1) is 13.9. The maximum Gasteiger partial charge on any atom is 0.343 e. The molecule has 29 heavy (non-hydrogen) atoms. The quantitative estimate of drug-likeness (QED) is 0.483. The lowest BCUT2D eigenvalue weighted by Crippen LogP contribution is -2.12. The molecule has 0 aliphatic rings. The van der Waals surface area contributed by atoms with E-state index in [0.717, 1.165) is 0 Å². The molecule has 10 heteroatoms. The first-order valence-corrected chi connectivity index (χ1v) is 8.42. The summed E-state index contributed by atoms with van der Waals surface area (Å²) in [5.41, 5.74) is 11.6. The van der Waals surface area contributed by atoms with E-state index in [9.17, 15) is 13.6 Å². The number of anilines is 2. The molecule has 0 amide bonds. The number of rotatable bonds is 4. The third-order valence-corrected chi connectivity index (χ3v) is 4.39. The van der Waals surface area contributed by atoms with E-state index in [2.05, 4.69) is 15.1 Å². The number of nitrogens with two attached hydrogens (primary N) is 2. The Kier molecular flexibility index (Phi) is 4.30. The zero-order valence-electron chi connectivity index (χ0n) is 14.8. The van der Waals surface area contributed by atoms with Crippen molar-refractivity contribution >= 4 is 28.5 Å². The Bertz CT molecular complexity index is 1250. The first kappa shape index (κ1) is 18.3. The number of nitrogens with zero attached hydrogens (tertiary/aromatic N) is 4. The molecule has 0 radical (unpaired) electrons. The zero-order chi connectivity index (χ0) is 20.7. The topological polar surface area (TPSA) is 133 Å². The van der Waals surface area contributed by atoms with Crippen LogP contribution in [0.15, 0.2) is 42.5 Å². The predicted molar refractivity (Wildman–Crippen MR) is 102 cm³/mol. The summed E-state index contributed by atoms with van der Waals surface area (Å²) in [7, 11) is 0. The number of nitrogen functional groups attached to an aromatic ring is 2. The number of aromatic carboxylic acids is 1. The fraction of sp³-hybridized carbons (Fsp3) is 0.0526. The molecule has 8 nitrogen and oxygen atoms in total. The Balaban J connectivity index is 1.92. The second-order valence-corrected chi connectivity index (χ2v) is 6.23. The number of hydrogen-bond acceptors (Lipinski definition) is 6. The van der Waals surface area contributed by atoms with Gasteiger partial charge in [-0.25, -0.2) is 23.5 Å². The smallest absolute Gasteiger partial charge is 0.343 e. The normalized spacial score (nSPS) is 11.1. The molecule has 4 aromatic rings. The molecule has 0 fully saturated rings. The predicted octanol–water partition coefficient (Wildman–Crippen LogP) is 2.68. The number of carboxylic acids is 1. The minimum atomic E-state index is -1.37. The molecule has 146 valence electrons. The van der Waals surface area contributed by atoms with E-state index in [1.165, 1.54) is 22.9 Å². The van der Waals surface area contributed by atoms with Gasteiger partial charge in [-0.3, -0.25) is 4.68 Å². The van der Waals surface area contributed by atoms with Crippen molar-refractivity contribution in [3.63, 3.8) is 0 Å². The molecule has 2 aromatic carbocycles. The van der Waals surface area contributed by atoms with Gasteiger partial charge >= 0.3 is 5.97 Å². The van der Waals surface area contributed by atoms with Gasteiger partial charge < -0.3 is 16.6 Å². The van der Waals surface area contributed by atoms with Gasteiger partial charge in [0.2, 0.25) is 0 Å². The van der Waals surface area contributed by atoms with Gasteiger partial charge in [-0.2, -0.15) is 5.10 Å². The Labute approximate surface area is 162 Å². The second-order valence-electron chi connectivity index (χ2n) is 6.23. The van der Waals surface area contributed by atoms with E-state index in [0.29, 0.717) is 10.9 Å². The van der Waals surface area contributed by atoms with Gasteiger partial charge in [0.25, 0.3) is 0 Å². The number of para-hydroxylation sites is 1. The molecular formula is C19H14F2N6O2. The summed E-state index contributed by atoms with van der Waals surface area (Å²) >= 11 is 0. The van der Waals surface area contributed by atoms with Gasteiger partial charge in [-0.1, -0.05) is 30.3 Å². The highest BCUT2D eigenvalue weighted by Gasteiger charge is 2.22. The summed E-state index contributed by atoms with van der Waals surface area (Å²) < 4.78 is 30.0. The number of hydrogen-bond donors (Lipinski definition) is 3. The van der Waals surface area contributed by atoms with Crippen LogP contribution in [0.4, 0.5) is 20.4 Å². The Morgan fingerprint density at radius 2 is 1.66 bits per heavy atom. The molecule has 0 aliphatic heterocycles. The number of aromatic nitrogens is 4. The average molecular weight is 396 g/mol. The van der Waals surface area contributed by atoms with Crippen LogP contribution in [0.2, 0.25) is 0 Å². The van der Waals surface area contributed by atoms with Crippen molar-refractivity contribution in [2.75, 3.05) is 11.5 Å². The average Bonchev–Trinajstić information content (AvgIpc) is 3.02. The van der Waals surface area contributed by atoms with E-state index in [-0.39, 0.29) is 35.2 Å². The fourth-order valence-electron chi connectivity index (χ4n) is 3.08. The molecule has 0 saturated heterocycles. The SMILES string of the molecule is Nc1nc(-c2nn(Cc3ccccc3F)c3c(F)cccc23)nc(N)c1C(=O)O. The molecule has 0 aliphatic carbocycles. The van der Waals surface area contributed by atoms with E-state index < -0.39 is 23.2 Å². The third kappa shape index (κ3) is 3.10. The lowest BCUT2D eigenvalue weighted by Gasteiger charge is -2.06. The van der Waals surface area contributed by atoms with Crippen LogP contribution >= 0.6 is 0 Å². The standard InChI is InChI=1S/C19H14F2N6O2/c20-11-6-2-1-4-9(11)8-27-15-10(5-3-7-12(15)21)14(26-27)18-24-16(22)13(19(28)29)17(23)25-18/h1-7H,8H2,(H,28,29)(H4,22,23,24,25). The number of halogens is 2. The largest absolute Gasteiger partial charge is 0.477 e. The summed E-state index contributed by atoms with van der Waals surface area (Å²) in [5.74, 6) is -3.13. The van der Waals surface area contributed by atoms with Crippen LogP contribution in [0.1, 0.15) is 15.9 Å². The van der Waals surface area contributed by atoms with Crippen molar-refractivity contribution in [1.82, 2.24) is 19.7 Å². The molecule has 5 N–H and O–H groups in total. The minimum Gasteiger partial charge on any atom is -0.477 e. The molecular weight excluding hydrogens is 382 g/mol. The molecule has 0 unspecified atom stereocenters. The van der Waals surface area contributed by atoms with Gasteiger partial charge in [0.05, 0.1) is 6.54 Å². The summed E-state index contributed by atoms with van der Waals surface area (Å²) in [6.45, 7) is -0.0394. The zero-order valence-corrected chi connectivity index (χ0v) is 14.8. The van der Waals surface area contributed by atoms with Crippen LogP contribution in [0.25, 0.3) is 22.4 Å². The Morgan fingerprint density at radius 1 is 1.00 bits per heavy atom. The van der Waals surface area contributed by atoms with Gasteiger partial charge in [0, 0.05) is 10.9 Å². The highest BCUT2D eigenvalue weighted by Crippen LogP contribution is 2.30. The van der Waals surface area contributed by atoms with Crippen LogP contribution in [-0.4, -0.2) is 30.8 Å². The van der Waals surface area contributed by atoms with Crippen LogP contribution < -0.4 is 11.5 Å². The number of benzene rings is 2. The van der Waals surface area contributed by atoms with Crippen molar-refractivity contribution in [3.8, 4) is 11.5 Å². The van der Waals surface area contributed by atoms with E-state index in [1.807, 2.05) is 0 Å². The van der Waals surface area contributed by atoms with E-state index in [1.54, 1.807) is 24.3 Å². The van der Waals surface area contributed by atoms with Crippen LogP contribution in [0, 0.1) is 11.6 Å². The second kappa shape index (κ2) is 6.82. The Morgan fingerprint density at radius 3 is 2.31 bits per heavy atom. The van der Waals surface area contributed by atoms with Gasteiger partial charge in [-0.05, 0) is 12.1 Å². The first-order valence-electron chi connectivity index (χ1n) is 8.42. The third-order valence-electron chi connectivity index (χ3n) is 4.39. The summed E-state index contributed by atoms with van der Waals surface area (Å²) in [5, 5.41) is 13.9. The van der Waals surface area contributed by atoms with Crippen molar-refractivity contribution in [3.05, 3.63) is 65.2 Å². The van der Waals surface area contributed by atoms with Crippen molar-refractivity contribution in [2.45, 2.75) is 6.54 Å². The molecule has 2 aromatic heterocycles. The summed E-state index contributed by atoms with van der Waals surface area (Å²) in [6, 6.07) is 10.4. The fourth-order valence-corrected chi connectivity index (χ4v) is 3.08. The number of carbonyl (C=O) groups is 1. The lowest BCUT2D eigenvalue weighted by atomic mass is 10.1. The van der Waals surface area contributed by atoms with E-state index in [4.69, 9.17) is 16.6 Å². The van der Waals surface area contributed by atoms with Crippen molar-refractivity contribution < 1.29 is 18.7 Å². The van der Waals surface area contributed by atoms with Gasteiger partial charge in [-0.15, -0.1) is 0 Å². The molecule has 0 spiro atoms. The van der Waals surface area contributed by atoms with Crippen molar-refractivity contribution in [1.29, 1.82) is 0 Å². The summed E-state index contributed by atoms with van der Waals surface area (Å²) in [4.78, 5) is 19.2. The molecule has 4 rings (SSSR count). The maximum atomic E-state index is 14.6. The molecule has 0 atom stereocenters. The maximum absolute atomic E-state index is 14.6. The molecule has 2 heterocycles. The van der Waals surface area contributed by atoms with Gasteiger partial charge in [0.1, 0.15) is 40.0 Å². The van der Waals surface area contributed by atoms with E-state index >= 15 is 0 Å². The monoisotopic (exact) mass is 396 g/mol. The lowest BCUT2D eigenvalue weighted by molar-refractivity contribution is 0.0698. The molecule has 0 saturated carbocycles. The van der Waals surface area contributed by atoms with Crippen molar-refractivity contribution in [2.24, 2.45) is 0 Å². The highest BCUT2D eigenvalue weighted by molar-refractivity contribution is 5.98.